The van der Waals surface area contributed by atoms with Crippen LogP contribution in [-0.2, 0) is 11.2 Å². The summed E-state index contributed by atoms with van der Waals surface area (Å²) in [5.41, 5.74) is 1.23. The van der Waals surface area contributed by atoms with Crippen LogP contribution in [0.1, 0.15) is 18.9 Å². The number of amides is 1. The Morgan fingerprint density at radius 1 is 1.08 bits per heavy atom. The number of methoxy groups -OCH3 is 1. The molecule has 0 aliphatic heterocycles. The average molecular weight is 392 g/mol. The molecule has 1 N–H and O–H groups in total. The van der Waals surface area contributed by atoms with E-state index < -0.39 is 6.10 Å². The van der Waals surface area contributed by atoms with Crippen LogP contribution in [0.4, 0.5) is 0 Å². The maximum Gasteiger partial charge on any atom is 0.260 e. The molecule has 0 radical (unpaired) electrons. The molecule has 0 saturated heterocycles. The summed E-state index contributed by atoms with van der Waals surface area (Å²) in [5.74, 6) is 1.43. The minimum Gasteiger partial charge on any atom is -0.497 e. The highest BCUT2D eigenvalue weighted by atomic mass is 79.9. The smallest absolute Gasteiger partial charge is 0.260 e. The molecule has 0 heterocycles. The first kappa shape index (κ1) is 18.3. The minimum atomic E-state index is -0.521. The second-order valence-corrected chi connectivity index (χ2v) is 6.37. The quantitative estimate of drug-likeness (QED) is 0.692. The van der Waals surface area contributed by atoms with Crippen molar-refractivity contribution in [1.82, 2.24) is 5.32 Å². The zero-order valence-electron chi connectivity index (χ0n) is 13.9. The third-order valence-corrected chi connectivity index (χ3v) is 4.12. The van der Waals surface area contributed by atoms with Crippen LogP contribution < -0.4 is 14.8 Å². The molecule has 0 spiro atoms. The highest BCUT2D eigenvalue weighted by molar-refractivity contribution is 9.10. The third kappa shape index (κ3) is 5.89. The van der Waals surface area contributed by atoms with Crippen LogP contribution in [0.3, 0.4) is 0 Å². The Morgan fingerprint density at radius 3 is 2.33 bits per heavy atom. The van der Waals surface area contributed by atoms with Gasteiger partial charge in [-0.15, -0.1) is 0 Å². The van der Waals surface area contributed by atoms with Crippen LogP contribution in [0.5, 0.6) is 11.5 Å². The van der Waals surface area contributed by atoms with Gasteiger partial charge in [-0.25, -0.2) is 0 Å². The van der Waals surface area contributed by atoms with E-state index in [9.17, 15) is 4.79 Å². The minimum absolute atomic E-state index is 0.104. The van der Waals surface area contributed by atoms with Gasteiger partial charge in [-0.2, -0.15) is 0 Å². The molecule has 2 aromatic rings. The first-order valence-electron chi connectivity index (χ1n) is 7.91. The topological polar surface area (TPSA) is 47.6 Å². The van der Waals surface area contributed by atoms with Crippen molar-refractivity contribution in [3.63, 3.8) is 0 Å². The van der Waals surface area contributed by atoms with Crippen LogP contribution in [0, 0.1) is 0 Å². The van der Waals surface area contributed by atoms with E-state index in [0.717, 1.165) is 23.1 Å². The Bertz CT molecular complexity index is 641. The molecule has 0 aromatic heterocycles. The molecular weight excluding hydrogens is 370 g/mol. The van der Waals surface area contributed by atoms with Gasteiger partial charge in [0.15, 0.2) is 6.10 Å². The highest BCUT2D eigenvalue weighted by Gasteiger charge is 2.13. The summed E-state index contributed by atoms with van der Waals surface area (Å²) in [6.45, 7) is 2.37. The van der Waals surface area contributed by atoms with Crippen molar-refractivity contribution in [3.05, 3.63) is 58.6 Å². The van der Waals surface area contributed by atoms with Crippen LogP contribution in [0.25, 0.3) is 0 Å². The van der Waals surface area contributed by atoms with Gasteiger partial charge < -0.3 is 14.8 Å². The number of ether oxygens (including phenoxy) is 2. The van der Waals surface area contributed by atoms with E-state index in [1.54, 1.807) is 14.0 Å². The van der Waals surface area contributed by atoms with Gasteiger partial charge in [0.25, 0.3) is 5.91 Å². The maximum atomic E-state index is 12.0. The molecule has 24 heavy (non-hydrogen) atoms. The number of benzene rings is 2. The normalized spacial score (nSPS) is 11.6. The van der Waals surface area contributed by atoms with Crippen molar-refractivity contribution in [2.24, 2.45) is 0 Å². The lowest BCUT2D eigenvalue weighted by Crippen LogP contribution is -2.36. The first-order valence-corrected chi connectivity index (χ1v) is 8.70. The molecule has 0 bridgehead atoms. The largest absolute Gasteiger partial charge is 0.497 e. The SMILES string of the molecule is COc1ccc(CCCNC(=O)[C@H](C)Oc2ccc(Br)cc2)cc1. The highest BCUT2D eigenvalue weighted by Crippen LogP contribution is 2.17. The summed E-state index contributed by atoms with van der Waals surface area (Å²) < 4.78 is 11.7. The monoisotopic (exact) mass is 391 g/mol. The molecule has 0 saturated carbocycles. The molecule has 0 aliphatic rings. The lowest BCUT2D eigenvalue weighted by atomic mass is 10.1. The van der Waals surface area contributed by atoms with Crippen LogP contribution in [0.15, 0.2) is 53.0 Å². The number of rotatable bonds is 8. The molecule has 2 rings (SSSR count). The van der Waals surface area contributed by atoms with E-state index >= 15 is 0 Å². The van der Waals surface area contributed by atoms with Gasteiger partial charge in [0, 0.05) is 11.0 Å². The number of carbonyl (C=O) groups excluding carboxylic acids is 1. The van der Waals surface area contributed by atoms with Crippen molar-refractivity contribution in [2.75, 3.05) is 13.7 Å². The van der Waals surface area contributed by atoms with Crippen LogP contribution in [-0.4, -0.2) is 25.7 Å². The summed E-state index contributed by atoms with van der Waals surface area (Å²) in [4.78, 5) is 12.0. The molecular formula is C19H22BrNO3. The fourth-order valence-electron chi connectivity index (χ4n) is 2.21. The van der Waals surface area contributed by atoms with Gasteiger partial charge in [0.1, 0.15) is 11.5 Å². The van der Waals surface area contributed by atoms with Crippen LogP contribution >= 0.6 is 15.9 Å². The van der Waals surface area contributed by atoms with Gasteiger partial charge in [0.2, 0.25) is 0 Å². The number of hydrogen-bond acceptors (Lipinski definition) is 3. The lowest BCUT2D eigenvalue weighted by Gasteiger charge is -2.14. The predicted molar refractivity (Wildman–Crippen MR) is 98.6 cm³/mol. The van der Waals surface area contributed by atoms with E-state index in [2.05, 4.69) is 21.2 Å². The summed E-state index contributed by atoms with van der Waals surface area (Å²) in [5, 5.41) is 2.91. The van der Waals surface area contributed by atoms with E-state index in [4.69, 9.17) is 9.47 Å². The Balaban J connectivity index is 1.69. The van der Waals surface area contributed by atoms with Crippen molar-refractivity contribution in [2.45, 2.75) is 25.9 Å². The molecule has 0 fully saturated rings. The molecule has 5 heteroatoms. The zero-order chi connectivity index (χ0) is 17.4. The van der Waals surface area contributed by atoms with Gasteiger partial charge in [-0.3, -0.25) is 4.79 Å². The fourth-order valence-corrected chi connectivity index (χ4v) is 2.48. The Hall–Kier alpha value is -2.01. The Morgan fingerprint density at radius 2 is 1.71 bits per heavy atom. The lowest BCUT2D eigenvalue weighted by molar-refractivity contribution is -0.127. The predicted octanol–water partition coefficient (Wildman–Crippen LogP) is 3.97. The maximum absolute atomic E-state index is 12.0. The zero-order valence-corrected chi connectivity index (χ0v) is 15.5. The van der Waals surface area contributed by atoms with Crippen molar-refractivity contribution < 1.29 is 14.3 Å². The molecule has 4 nitrogen and oxygen atoms in total. The van der Waals surface area contributed by atoms with E-state index in [-0.39, 0.29) is 5.91 Å². The number of carbonyl (C=O) groups is 1. The molecule has 128 valence electrons. The standard InChI is InChI=1S/C19H22BrNO3/c1-14(24-18-11-7-16(20)8-12-18)19(22)21-13-3-4-15-5-9-17(23-2)10-6-15/h5-12,14H,3-4,13H2,1-2H3,(H,21,22)/t14-/m0/s1. The van der Waals surface area contributed by atoms with E-state index in [0.29, 0.717) is 12.3 Å². The van der Waals surface area contributed by atoms with Crippen LogP contribution in [0.2, 0.25) is 0 Å². The average Bonchev–Trinajstić information content (AvgIpc) is 2.61. The number of hydrogen-bond donors (Lipinski definition) is 1. The second-order valence-electron chi connectivity index (χ2n) is 5.46. The summed E-state index contributed by atoms with van der Waals surface area (Å²) >= 11 is 3.37. The van der Waals surface area contributed by atoms with Crippen molar-refractivity contribution >= 4 is 21.8 Å². The fraction of sp³-hybridized carbons (Fsp3) is 0.316. The van der Waals surface area contributed by atoms with Crippen molar-refractivity contribution in [3.8, 4) is 11.5 Å². The van der Waals surface area contributed by atoms with Crippen molar-refractivity contribution in [1.29, 1.82) is 0 Å². The van der Waals surface area contributed by atoms with E-state index in [1.165, 1.54) is 5.56 Å². The van der Waals surface area contributed by atoms with Gasteiger partial charge >= 0.3 is 0 Å². The number of nitrogens with one attached hydrogen (secondary N) is 1. The molecule has 0 aliphatic carbocycles. The first-order chi connectivity index (χ1) is 11.6. The molecule has 1 atom stereocenters. The molecule has 0 unspecified atom stereocenters. The molecule has 2 aromatic carbocycles. The Kier molecular flexibility index (Phi) is 7.12. The summed E-state index contributed by atoms with van der Waals surface area (Å²) in [6, 6.07) is 15.4. The summed E-state index contributed by atoms with van der Waals surface area (Å²) in [7, 11) is 1.65. The van der Waals surface area contributed by atoms with Gasteiger partial charge in [-0.05, 0) is 61.7 Å². The molecule has 1 amide bonds. The van der Waals surface area contributed by atoms with Gasteiger partial charge in [-0.1, -0.05) is 28.1 Å². The summed E-state index contributed by atoms with van der Waals surface area (Å²) in [6.07, 6.45) is 1.27. The number of aryl methyl sites for hydroxylation is 1. The van der Waals surface area contributed by atoms with Gasteiger partial charge in [0.05, 0.1) is 7.11 Å². The third-order valence-electron chi connectivity index (χ3n) is 3.60. The van der Waals surface area contributed by atoms with E-state index in [1.807, 2.05) is 48.5 Å². The number of halogens is 1. The Labute approximate surface area is 151 Å². The second kappa shape index (κ2) is 9.33.